The molecule has 0 aromatic heterocycles. The van der Waals surface area contributed by atoms with Crippen molar-refractivity contribution >= 4 is 11.9 Å². The topological polar surface area (TPSA) is 52.6 Å². The van der Waals surface area contributed by atoms with Gasteiger partial charge in [-0.2, -0.15) is 0 Å². The van der Waals surface area contributed by atoms with Crippen LogP contribution in [-0.2, 0) is 19.1 Å². The van der Waals surface area contributed by atoms with Crippen molar-refractivity contribution in [1.82, 2.24) is 0 Å². The Morgan fingerprint density at radius 3 is 1.17 bits per heavy atom. The molecule has 264 valence electrons. The van der Waals surface area contributed by atoms with E-state index in [0.29, 0.717) is 26.1 Å². The first-order chi connectivity index (χ1) is 23.2. The molecule has 0 bridgehead atoms. The minimum atomic E-state index is -0.129. The van der Waals surface area contributed by atoms with Gasteiger partial charge in [-0.05, 0) is 109 Å². The van der Waals surface area contributed by atoms with Crippen molar-refractivity contribution in [3.8, 4) is 0 Å². The number of unbranched alkanes of at least 4 members (excludes halogenated alkanes) is 8. The second kappa shape index (κ2) is 39.0. The van der Waals surface area contributed by atoms with E-state index in [9.17, 15) is 9.59 Å². The molecule has 0 aliphatic rings. The monoisotopic (exact) mass is 649 g/mol. The Morgan fingerprint density at radius 1 is 0.383 bits per heavy atom. The lowest BCUT2D eigenvalue weighted by atomic mass is 10.1. The van der Waals surface area contributed by atoms with Crippen LogP contribution < -0.4 is 0 Å². The maximum atomic E-state index is 11.9. The van der Waals surface area contributed by atoms with E-state index in [2.05, 4.69) is 111 Å². The Labute approximate surface area is 289 Å². The van der Waals surface area contributed by atoms with Crippen LogP contribution in [-0.4, -0.2) is 25.2 Å². The molecule has 47 heavy (non-hydrogen) atoms. The quantitative estimate of drug-likeness (QED) is 0.0414. The van der Waals surface area contributed by atoms with Crippen LogP contribution in [0, 0.1) is 0 Å². The molecule has 0 aromatic carbocycles. The van der Waals surface area contributed by atoms with E-state index in [0.717, 1.165) is 96.3 Å². The van der Waals surface area contributed by atoms with E-state index in [-0.39, 0.29) is 11.9 Å². The Balaban J connectivity index is 3.50. The molecular weight excluding hydrogens is 580 g/mol. The Hall–Kier alpha value is -3.14. The third-order valence-corrected chi connectivity index (χ3v) is 7.24. The minimum Gasteiger partial charge on any atom is -0.466 e. The van der Waals surface area contributed by atoms with Crippen molar-refractivity contribution in [2.24, 2.45) is 0 Å². The smallest absolute Gasteiger partial charge is 0.305 e. The zero-order valence-electron chi connectivity index (χ0n) is 30.1. The number of rotatable bonds is 32. The van der Waals surface area contributed by atoms with Gasteiger partial charge in [0.15, 0.2) is 0 Å². The summed E-state index contributed by atoms with van der Waals surface area (Å²) in [5.41, 5.74) is 0. The number of carbonyl (C=O) groups excluding carboxylic acids is 2. The van der Waals surface area contributed by atoms with Crippen molar-refractivity contribution in [2.75, 3.05) is 13.2 Å². The van der Waals surface area contributed by atoms with Gasteiger partial charge in [-0.25, -0.2) is 0 Å². The van der Waals surface area contributed by atoms with E-state index in [1.807, 2.05) is 0 Å². The van der Waals surface area contributed by atoms with Gasteiger partial charge >= 0.3 is 11.9 Å². The van der Waals surface area contributed by atoms with E-state index in [4.69, 9.17) is 9.47 Å². The van der Waals surface area contributed by atoms with Crippen LogP contribution in [0.4, 0.5) is 0 Å². The number of carbonyl (C=O) groups is 2. The van der Waals surface area contributed by atoms with Gasteiger partial charge in [0.1, 0.15) is 0 Å². The van der Waals surface area contributed by atoms with Gasteiger partial charge in [-0.15, -0.1) is 0 Å². The standard InChI is InChI=1S/C43H68O4/c1-3-5-7-9-11-13-15-17-19-20-22-24-26-28-30-32-35-39-43(45)47-41-37-33-36-40-46-42(44)38-34-31-29-27-25-23-21-18-16-14-12-10-8-6-4-2/h5,7,11-14,17-19,21-22,24-25,27-28,30H,3-4,6,8-10,15-16,20,23,26,29,31-41H2,1-2H3. The first-order valence-electron chi connectivity index (χ1n) is 18.7. The summed E-state index contributed by atoms with van der Waals surface area (Å²) in [7, 11) is 0. The normalized spacial score (nSPS) is 12.6. The zero-order chi connectivity index (χ0) is 34.1. The molecule has 0 N–H and O–H groups in total. The highest BCUT2D eigenvalue weighted by Gasteiger charge is 2.03. The first kappa shape index (κ1) is 43.9. The lowest BCUT2D eigenvalue weighted by molar-refractivity contribution is -0.144. The van der Waals surface area contributed by atoms with Crippen LogP contribution in [0.1, 0.15) is 149 Å². The molecule has 0 atom stereocenters. The SMILES string of the molecule is CCC=CCC=CCC=CCC=CCC=CCCCC(=O)OCCCCCOC(=O)CCCCC=CCC=CCC=CCCCCC. The number of allylic oxidation sites excluding steroid dienone is 16. The molecule has 0 radical (unpaired) electrons. The van der Waals surface area contributed by atoms with E-state index < -0.39 is 0 Å². The van der Waals surface area contributed by atoms with Gasteiger partial charge in [-0.3, -0.25) is 9.59 Å². The summed E-state index contributed by atoms with van der Waals surface area (Å²) in [5.74, 6) is -0.241. The van der Waals surface area contributed by atoms with Crippen molar-refractivity contribution in [1.29, 1.82) is 0 Å². The highest BCUT2D eigenvalue weighted by molar-refractivity contribution is 5.69. The molecule has 4 nitrogen and oxygen atoms in total. The fourth-order valence-corrected chi connectivity index (χ4v) is 4.45. The number of hydrogen-bond donors (Lipinski definition) is 0. The third kappa shape index (κ3) is 39.0. The molecule has 0 spiro atoms. The summed E-state index contributed by atoms with van der Waals surface area (Å²) < 4.78 is 10.7. The van der Waals surface area contributed by atoms with E-state index >= 15 is 0 Å². The maximum Gasteiger partial charge on any atom is 0.305 e. The van der Waals surface area contributed by atoms with Gasteiger partial charge in [0.05, 0.1) is 13.2 Å². The molecule has 0 fully saturated rings. The van der Waals surface area contributed by atoms with Crippen molar-refractivity contribution in [2.45, 2.75) is 149 Å². The summed E-state index contributed by atoms with van der Waals surface area (Å²) in [5, 5.41) is 0. The average molecular weight is 649 g/mol. The Kier molecular flexibility index (Phi) is 36.4. The second-order valence-corrected chi connectivity index (χ2v) is 11.7. The summed E-state index contributed by atoms with van der Waals surface area (Å²) in [6.07, 6.45) is 55.3. The molecular formula is C43H68O4. The number of hydrogen-bond acceptors (Lipinski definition) is 4. The first-order valence-corrected chi connectivity index (χ1v) is 18.7. The predicted molar refractivity (Wildman–Crippen MR) is 203 cm³/mol. The highest BCUT2D eigenvalue weighted by atomic mass is 16.5. The summed E-state index contributed by atoms with van der Waals surface area (Å²) in [6, 6.07) is 0. The van der Waals surface area contributed by atoms with Crippen molar-refractivity contribution < 1.29 is 19.1 Å². The third-order valence-electron chi connectivity index (χ3n) is 7.24. The molecule has 0 saturated heterocycles. The average Bonchev–Trinajstić information content (AvgIpc) is 3.07. The maximum absolute atomic E-state index is 11.9. The van der Waals surface area contributed by atoms with Crippen LogP contribution in [0.3, 0.4) is 0 Å². The molecule has 0 aliphatic carbocycles. The molecule has 4 heteroatoms. The van der Waals surface area contributed by atoms with Crippen molar-refractivity contribution in [3.63, 3.8) is 0 Å². The molecule has 0 unspecified atom stereocenters. The van der Waals surface area contributed by atoms with Crippen LogP contribution in [0.25, 0.3) is 0 Å². The van der Waals surface area contributed by atoms with E-state index in [1.165, 1.54) is 25.7 Å². The van der Waals surface area contributed by atoms with Crippen LogP contribution in [0.15, 0.2) is 97.2 Å². The van der Waals surface area contributed by atoms with Gasteiger partial charge in [-0.1, -0.05) is 124 Å². The van der Waals surface area contributed by atoms with Crippen LogP contribution in [0.2, 0.25) is 0 Å². The van der Waals surface area contributed by atoms with Gasteiger partial charge in [0.25, 0.3) is 0 Å². The lowest BCUT2D eigenvalue weighted by Crippen LogP contribution is -2.07. The van der Waals surface area contributed by atoms with Gasteiger partial charge in [0, 0.05) is 12.8 Å². The lowest BCUT2D eigenvalue weighted by Gasteiger charge is -2.06. The molecule has 0 aliphatic heterocycles. The molecule has 0 aromatic rings. The van der Waals surface area contributed by atoms with Gasteiger partial charge < -0.3 is 9.47 Å². The second-order valence-electron chi connectivity index (χ2n) is 11.7. The van der Waals surface area contributed by atoms with Crippen molar-refractivity contribution in [3.05, 3.63) is 97.2 Å². The number of esters is 2. The molecule has 0 rings (SSSR count). The molecule has 0 amide bonds. The fraction of sp³-hybridized carbons (Fsp3) is 0.581. The summed E-state index contributed by atoms with van der Waals surface area (Å²) in [4.78, 5) is 23.8. The predicted octanol–water partition coefficient (Wildman–Crippen LogP) is 12.8. The highest BCUT2D eigenvalue weighted by Crippen LogP contribution is 2.06. The molecule has 0 heterocycles. The van der Waals surface area contributed by atoms with Crippen LogP contribution in [0.5, 0.6) is 0 Å². The zero-order valence-corrected chi connectivity index (χ0v) is 30.1. The Morgan fingerprint density at radius 2 is 0.745 bits per heavy atom. The van der Waals surface area contributed by atoms with Gasteiger partial charge in [0.2, 0.25) is 0 Å². The minimum absolute atomic E-state index is 0.112. The number of ether oxygens (including phenoxy) is 2. The van der Waals surface area contributed by atoms with E-state index in [1.54, 1.807) is 0 Å². The summed E-state index contributed by atoms with van der Waals surface area (Å²) >= 11 is 0. The fourth-order valence-electron chi connectivity index (χ4n) is 4.45. The largest absolute Gasteiger partial charge is 0.466 e. The molecule has 0 saturated carbocycles. The Bertz CT molecular complexity index is 945. The summed E-state index contributed by atoms with van der Waals surface area (Å²) in [6.45, 7) is 5.27. The van der Waals surface area contributed by atoms with Crippen LogP contribution >= 0.6 is 0 Å².